The number of phenolic OH excluding ortho intramolecular Hbond substituents is 1. The number of likely N-dealkylation sites (tertiary alicyclic amines) is 1. The van der Waals surface area contributed by atoms with E-state index in [-0.39, 0.29) is 23.3 Å². The number of ether oxygens (including phenoxy) is 1. The van der Waals surface area contributed by atoms with Crippen LogP contribution in [0.25, 0.3) is 0 Å². The molecule has 1 aromatic carbocycles. The molecule has 4 heteroatoms. The van der Waals surface area contributed by atoms with Crippen LogP contribution in [0.15, 0.2) is 24.8 Å². The first kappa shape index (κ1) is 13.9. The van der Waals surface area contributed by atoms with Gasteiger partial charge in [-0.1, -0.05) is 12.1 Å². The van der Waals surface area contributed by atoms with E-state index in [0.717, 1.165) is 50.8 Å². The Balaban J connectivity index is 1.78. The molecule has 0 amide bonds. The maximum atomic E-state index is 11.9. The lowest BCUT2D eigenvalue weighted by Gasteiger charge is -2.63. The largest absolute Gasteiger partial charge is 0.504 e. The lowest BCUT2D eigenvalue weighted by molar-refractivity contribution is -0.183. The van der Waals surface area contributed by atoms with E-state index in [1.807, 2.05) is 12.1 Å². The summed E-state index contributed by atoms with van der Waals surface area (Å²) in [5, 5.41) is 22.2. The van der Waals surface area contributed by atoms with E-state index in [2.05, 4.69) is 11.5 Å². The molecule has 0 radical (unpaired) electrons. The molecule has 4 aliphatic rings. The highest BCUT2D eigenvalue weighted by Gasteiger charge is 2.70. The van der Waals surface area contributed by atoms with Crippen molar-refractivity contribution in [3.63, 3.8) is 0 Å². The van der Waals surface area contributed by atoms with Crippen LogP contribution in [-0.2, 0) is 11.8 Å². The SMILES string of the molecule is C=CCN1CCC23c4c5ccc(O)c4O[C@H]2CCCC3(O)C1C5. The van der Waals surface area contributed by atoms with E-state index >= 15 is 0 Å². The van der Waals surface area contributed by atoms with E-state index in [1.54, 1.807) is 6.07 Å². The Bertz CT molecular complexity index is 702. The number of rotatable bonds is 2. The summed E-state index contributed by atoms with van der Waals surface area (Å²) in [6.07, 6.45) is 6.41. The lowest BCUT2D eigenvalue weighted by atomic mass is 9.49. The van der Waals surface area contributed by atoms with Crippen molar-refractivity contribution in [3.8, 4) is 11.5 Å². The van der Waals surface area contributed by atoms with Gasteiger partial charge in [0.25, 0.3) is 0 Å². The molecule has 2 aliphatic heterocycles. The highest BCUT2D eigenvalue weighted by molar-refractivity contribution is 5.62. The molecule has 122 valence electrons. The van der Waals surface area contributed by atoms with E-state index < -0.39 is 5.60 Å². The average molecular weight is 313 g/mol. The molecule has 2 heterocycles. The summed E-state index contributed by atoms with van der Waals surface area (Å²) in [7, 11) is 0. The second-order valence-electron chi connectivity index (χ2n) is 7.60. The molecule has 0 aromatic heterocycles. The zero-order valence-corrected chi connectivity index (χ0v) is 13.3. The summed E-state index contributed by atoms with van der Waals surface area (Å²) >= 11 is 0. The third-order valence-corrected chi connectivity index (χ3v) is 6.84. The van der Waals surface area contributed by atoms with Gasteiger partial charge in [0.05, 0.1) is 11.0 Å². The number of piperidine rings is 1. The van der Waals surface area contributed by atoms with Crippen molar-refractivity contribution in [3.05, 3.63) is 35.9 Å². The molecule has 2 aliphatic carbocycles. The quantitative estimate of drug-likeness (QED) is 0.821. The van der Waals surface area contributed by atoms with E-state index in [9.17, 15) is 10.2 Å². The van der Waals surface area contributed by atoms with Crippen molar-refractivity contribution in [1.29, 1.82) is 0 Å². The molecule has 2 N–H and O–H groups in total. The summed E-state index contributed by atoms with van der Waals surface area (Å²) in [5.41, 5.74) is 1.25. The standard InChI is InChI=1S/C19H23NO3/c1-2-9-20-10-8-18-15-4-3-7-19(18,22)14(20)11-12-5-6-13(21)17(23-15)16(12)18/h2,5-6,14-15,21-22H,1,3-4,7-11H2/t14?,15-,18?,19?/m0/s1. The maximum absolute atomic E-state index is 11.9. The third-order valence-electron chi connectivity index (χ3n) is 6.84. The van der Waals surface area contributed by atoms with Crippen LogP contribution in [-0.4, -0.2) is 45.9 Å². The van der Waals surface area contributed by atoms with Crippen LogP contribution in [0.3, 0.4) is 0 Å². The van der Waals surface area contributed by atoms with Crippen LogP contribution in [0, 0.1) is 0 Å². The van der Waals surface area contributed by atoms with Gasteiger partial charge in [-0.2, -0.15) is 0 Å². The Labute approximate surface area is 136 Å². The molecule has 4 nitrogen and oxygen atoms in total. The number of hydrogen-bond acceptors (Lipinski definition) is 4. The first-order valence-electron chi connectivity index (χ1n) is 8.71. The minimum Gasteiger partial charge on any atom is -0.504 e. The van der Waals surface area contributed by atoms with Gasteiger partial charge < -0.3 is 14.9 Å². The predicted octanol–water partition coefficient (Wildman–Crippen LogP) is 2.12. The molecule has 1 spiro atoms. The van der Waals surface area contributed by atoms with Gasteiger partial charge in [0.2, 0.25) is 0 Å². The van der Waals surface area contributed by atoms with E-state index in [4.69, 9.17) is 4.74 Å². The molecule has 1 saturated carbocycles. The minimum absolute atomic E-state index is 0.00280. The molecular formula is C19H23NO3. The van der Waals surface area contributed by atoms with Crippen molar-refractivity contribution in [2.45, 2.75) is 55.3 Å². The second-order valence-corrected chi connectivity index (χ2v) is 7.60. The Morgan fingerprint density at radius 3 is 3.09 bits per heavy atom. The number of hydrogen-bond donors (Lipinski definition) is 2. The van der Waals surface area contributed by atoms with Crippen molar-refractivity contribution < 1.29 is 14.9 Å². The first-order chi connectivity index (χ1) is 11.1. The van der Waals surface area contributed by atoms with Gasteiger partial charge in [0.15, 0.2) is 11.5 Å². The fourth-order valence-corrected chi connectivity index (χ4v) is 6.01. The Morgan fingerprint density at radius 2 is 2.26 bits per heavy atom. The second kappa shape index (κ2) is 4.31. The summed E-state index contributed by atoms with van der Waals surface area (Å²) < 4.78 is 6.22. The van der Waals surface area contributed by atoms with Gasteiger partial charge in [0, 0.05) is 18.2 Å². The van der Waals surface area contributed by atoms with Gasteiger partial charge in [-0.15, -0.1) is 6.58 Å². The molecule has 1 aromatic rings. The zero-order valence-electron chi connectivity index (χ0n) is 13.3. The zero-order chi connectivity index (χ0) is 15.8. The highest BCUT2D eigenvalue weighted by Crippen LogP contribution is 2.65. The maximum Gasteiger partial charge on any atom is 0.165 e. The van der Waals surface area contributed by atoms with Crippen molar-refractivity contribution in [1.82, 2.24) is 4.90 Å². The van der Waals surface area contributed by atoms with Crippen LogP contribution < -0.4 is 4.74 Å². The van der Waals surface area contributed by atoms with Crippen LogP contribution >= 0.6 is 0 Å². The summed E-state index contributed by atoms with van der Waals surface area (Å²) in [6, 6.07) is 3.89. The summed E-state index contributed by atoms with van der Waals surface area (Å²) in [4.78, 5) is 2.38. The van der Waals surface area contributed by atoms with Crippen LogP contribution in [0.4, 0.5) is 0 Å². The summed E-state index contributed by atoms with van der Waals surface area (Å²) in [5.74, 6) is 0.866. The van der Waals surface area contributed by atoms with Crippen molar-refractivity contribution in [2.75, 3.05) is 13.1 Å². The Morgan fingerprint density at radius 1 is 1.39 bits per heavy atom. The number of aromatic hydroxyl groups is 1. The van der Waals surface area contributed by atoms with Gasteiger partial charge in [-0.05, 0) is 50.3 Å². The molecule has 2 fully saturated rings. The minimum atomic E-state index is -0.761. The number of phenols is 1. The monoisotopic (exact) mass is 313 g/mol. The number of benzene rings is 1. The molecule has 4 atom stereocenters. The number of nitrogens with zero attached hydrogens (tertiary/aromatic N) is 1. The Hall–Kier alpha value is -1.52. The van der Waals surface area contributed by atoms with Gasteiger partial charge in [0.1, 0.15) is 6.10 Å². The summed E-state index contributed by atoms with van der Waals surface area (Å²) in [6.45, 7) is 5.65. The molecule has 5 rings (SSSR count). The molecule has 1 saturated heterocycles. The highest BCUT2D eigenvalue weighted by atomic mass is 16.5. The fraction of sp³-hybridized carbons (Fsp3) is 0.579. The third kappa shape index (κ3) is 1.41. The van der Waals surface area contributed by atoms with Crippen LogP contribution in [0.5, 0.6) is 11.5 Å². The Kier molecular flexibility index (Phi) is 2.60. The van der Waals surface area contributed by atoms with Gasteiger partial charge in [-0.25, -0.2) is 0 Å². The predicted molar refractivity (Wildman–Crippen MR) is 86.9 cm³/mol. The molecular weight excluding hydrogens is 290 g/mol. The van der Waals surface area contributed by atoms with Crippen LogP contribution in [0.2, 0.25) is 0 Å². The smallest absolute Gasteiger partial charge is 0.165 e. The van der Waals surface area contributed by atoms with Crippen LogP contribution in [0.1, 0.15) is 36.8 Å². The first-order valence-corrected chi connectivity index (χ1v) is 8.71. The molecule has 3 unspecified atom stereocenters. The van der Waals surface area contributed by atoms with E-state index in [1.165, 1.54) is 5.56 Å². The molecule has 2 bridgehead atoms. The van der Waals surface area contributed by atoms with Gasteiger partial charge in [-0.3, -0.25) is 4.90 Å². The van der Waals surface area contributed by atoms with Crippen molar-refractivity contribution in [2.24, 2.45) is 0 Å². The fourth-order valence-electron chi connectivity index (χ4n) is 6.01. The number of aliphatic hydroxyl groups is 1. The lowest BCUT2D eigenvalue weighted by Crippen LogP contribution is -2.75. The van der Waals surface area contributed by atoms with Gasteiger partial charge >= 0.3 is 0 Å². The van der Waals surface area contributed by atoms with E-state index in [0.29, 0.717) is 5.75 Å². The average Bonchev–Trinajstić information content (AvgIpc) is 2.87. The molecule has 23 heavy (non-hydrogen) atoms. The topological polar surface area (TPSA) is 52.9 Å². The van der Waals surface area contributed by atoms with Crippen molar-refractivity contribution >= 4 is 0 Å². The normalized spacial score (nSPS) is 40.4.